The second kappa shape index (κ2) is 6.88. The second-order valence-electron chi connectivity index (χ2n) is 6.86. The normalized spacial score (nSPS) is 12.4. The van der Waals surface area contributed by atoms with Crippen LogP contribution in [-0.4, -0.2) is 41.7 Å². The smallest absolute Gasteiger partial charge is 0.291 e. The standard InChI is InChI=1S/C19H17N9OS/c1-27-16-12(17-18(27)25-15(30-17)5-14(21)22-9-20)7-24-28(19(16)29)8-10-3-2-4-13-11(10)6-23-26-13/h2-4,6-7,9H,5,8H2,1H3,(H,23,26)(H3,20,21,22). The Labute approximate surface area is 173 Å². The van der Waals surface area contributed by atoms with Crippen molar-refractivity contribution in [2.24, 2.45) is 17.8 Å². The lowest BCUT2D eigenvalue weighted by Gasteiger charge is -2.07. The predicted octanol–water partition coefficient (Wildman–Crippen LogP) is 1.78. The topological polar surface area (TPSA) is 144 Å². The van der Waals surface area contributed by atoms with Gasteiger partial charge in [-0.2, -0.15) is 10.2 Å². The van der Waals surface area contributed by atoms with Crippen molar-refractivity contribution in [2.75, 3.05) is 0 Å². The van der Waals surface area contributed by atoms with E-state index in [1.807, 2.05) is 25.2 Å². The van der Waals surface area contributed by atoms with Crippen molar-refractivity contribution in [3.05, 3.63) is 51.5 Å². The summed E-state index contributed by atoms with van der Waals surface area (Å²) in [5, 5.41) is 21.0. The van der Waals surface area contributed by atoms with Gasteiger partial charge in [0.25, 0.3) is 5.56 Å². The van der Waals surface area contributed by atoms with Crippen molar-refractivity contribution in [2.45, 2.75) is 13.0 Å². The van der Waals surface area contributed by atoms with Crippen LogP contribution < -0.4 is 11.3 Å². The van der Waals surface area contributed by atoms with Crippen LogP contribution in [0.5, 0.6) is 0 Å². The number of nitrogens with two attached hydrogens (primary N) is 1. The maximum atomic E-state index is 13.2. The Hall–Kier alpha value is -3.86. The number of hydrogen-bond acceptors (Lipinski definition) is 6. The van der Waals surface area contributed by atoms with E-state index in [1.165, 1.54) is 16.0 Å². The number of aromatic amines is 1. The Balaban J connectivity index is 1.60. The van der Waals surface area contributed by atoms with Gasteiger partial charge in [-0.05, 0) is 11.6 Å². The summed E-state index contributed by atoms with van der Waals surface area (Å²) in [5.41, 5.74) is 8.77. The zero-order valence-corrected chi connectivity index (χ0v) is 16.8. The molecule has 5 rings (SSSR count). The predicted molar refractivity (Wildman–Crippen MR) is 117 cm³/mol. The molecule has 0 fully saturated rings. The van der Waals surface area contributed by atoms with E-state index >= 15 is 0 Å². The Morgan fingerprint density at radius 1 is 1.37 bits per heavy atom. The second-order valence-corrected chi connectivity index (χ2v) is 7.95. The minimum atomic E-state index is -0.174. The summed E-state index contributed by atoms with van der Waals surface area (Å²) in [6.07, 6.45) is 4.74. The fourth-order valence-corrected chi connectivity index (χ4v) is 4.75. The van der Waals surface area contributed by atoms with Crippen LogP contribution in [0.3, 0.4) is 0 Å². The zero-order valence-electron chi connectivity index (χ0n) is 16.0. The van der Waals surface area contributed by atoms with Crippen LogP contribution in [0.4, 0.5) is 0 Å². The van der Waals surface area contributed by atoms with Crippen LogP contribution in [0.2, 0.25) is 0 Å². The Bertz CT molecular complexity index is 1520. The summed E-state index contributed by atoms with van der Waals surface area (Å²) in [6, 6.07) is 5.84. The van der Waals surface area contributed by atoms with E-state index in [0.717, 1.165) is 37.9 Å². The number of aromatic nitrogens is 6. The third-order valence-electron chi connectivity index (χ3n) is 5.03. The van der Waals surface area contributed by atoms with Crippen molar-refractivity contribution in [3.63, 3.8) is 0 Å². The monoisotopic (exact) mass is 419 g/mol. The first-order chi connectivity index (χ1) is 14.6. The number of thiazole rings is 1. The summed E-state index contributed by atoms with van der Waals surface area (Å²) in [6.45, 7) is 0.347. The molecule has 0 spiro atoms. The molecule has 0 unspecified atom stereocenters. The maximum Gasteiger partial charge on any atom is 0.291 e. The van der Waals surface area contributed by atoms with Crippen molar-refractivity contribution in [1.82, 2.24) is 29.5 Å². The summed E-state index contributed by atoms with van der Waals surface area (Å²) < 4.78 is 4.15. The minimum absolute atomic E-state index is 0.174. The van der Waals surface area contributed by atoms with Gasteiger partial charge in [0.2, 0.25) is 0 Å². The van der Waals surface area contributed by atoms with Gasteiger partial charge in [-0.15, -0.1) is 11.3 Å². The van der Waals surface area contributed by atoms with E-state index in [4.69, 9.17) is 11.1 Å². The van der Waals surface area contributed by atoms with E-state index in [1.54, 1.807) is 17.0 Å². The quantitative estimate of drug-likeness (QED) is 0.294. The van der Waals surface area contributed by atoms with Gasteiger partial charge in [0, 0.05) is 17.8 Å². The van der Waals surface area contributed by atoms with E-state index in [2.05, 4.69) is 25.3 Å². The van der Waals surface area contributed by atoms with Crippen LogP contribution in [0.15, 0.2) is 40.4 Å². The molecule has 11 heteroatoms. The van der Waals surface area contributed by atoms with Gasteiger partial charge in [0.1, 0.15) is 22.7 Å². The molecule has 0 radical (unpaired) electrons. The van der Waals surface area contributed by atoms with Crippen molar-refractivity contribution in [3.8, 4) is 0 Å². The molecule has 5 aromatic rings. The largest absolute Gasteiger partial charge is 0.387 e. The fourth-order valence-electron chi connectivity index (χ4n) is 3.63. The fraction of sp³-hybridized carbons (Fsp3) is 0.158. The summed E-state index contributed by atoms with van der Waals surface area (Å²) >= 11 is 1.45. The third kappa shape index (κ3) is 2.78. The zero-order chi connectivity index (χ0) is 20.8. The molecule has 0 atom stereocenters. The molecule has 0 saturated carbocycles. The minimum Gasteiger partial charge on any atom is -0.387 e. The molecule has 4 aromatic heterocycles. The van der Waals surface area contributed by atoms with E-state index in [-0.39, 0.29) is 5.56 Å². The molecule has 0 aliphatic carbocycles. The Morgan fingerprint density at radius 2 is 2.23 bits per heavy atom. The highest BCUT2D eigenvalue weighted by Crippen LogP contribution is 2.31. The first-order valence-corrected chi connectivity index (χ1v) is 9.94. The van der Waals surface area contributed by atoms with Gasteiger partial charge in [0.15, 0.2) is 5.65 Å². The molecule has 150 valence electrons. The number of benzene rings is 1. The number of hydrogen-bond donors (Lipinski definition) is 3. The summed E-state index contributed by atoms with van der Waals surface area (Å²) in [7, 11) is 1.83. The van der Waals surface area contributed by atoms with E-state index in [9.17, 15) is 4.79 Å². The van der Waals surface area contributed by atoms with Gasteiger partial charge >= 0.3 is 0 Å². The molecule has 0 amide bonds. The Morgan fingerprint density at radius 3 is 3.07 bits per heavy atom. The molecule has 1 aromatic carbocycles. The van der Waals surface area contributed by atoms with Crippen molar-refractivity contribution < 1.29 is 0 Å². The molecule has 0 saturated heterocycles. The number of amidine groups is 1. The van der Waals surface area contributed by atoms with Crippen LogP contribution in [-0.2, 0) is 20.0 Å². The average Bonchev–Trinajstić information content (AvgIpc) is 3.41. The SMILES string of the molecule is Cn1c2nc(CC(N)=NC=N)sc2c2cnn(Cc3cccc4[nH]ncc34)c(=O)c21. The highest BCUT2D eigenvalue weighted by molar-refractivity contribution is 7.19. The molecule has 0 bridgehead atoms. The lowest BCUT2D eigenvalue weighted by molar-refractivity contribution is 0.647. The maximum absolute atomic E-state index is 13.2. The number of rotatable bonds is 5. The molecule has 4 heterocycles. The summed E-state index contributed by atoms with van der Waals surface area (Å²) in [5.74, 6) is 0.322. The van der Waals surface area contributed by atoms with Crippen molar-refractivity contribution >= 4 is 55.7 Å². The van der Waals surface area contributed by atoms with Crippen molar-refractivity contribution in [1.29, 1.82) is 5.41 Å². The third-order valence-corrected chi connectivity index (χ3v) is 6.11. The molecule has 10 nitrogen and oxygen atoms in total. The van der Waals surface area contributed by atoms with Crippen LogP contribution in [0.1, 0.15) is 10.6 Å². The average molecular weight is 419 g/mol. The molecule has 0 aliphatic rings. The number of nitrogens with zero attached hydrogens (tertiary/aromatic N) is 6. The molecule has 0 aliphatic heterocycles. The van der Waals surface area contributed by atoms with E-state index in [0.29, 0.717) is 30.0 Å². The molecular weight excluding hydrogens is 402 g/mol. The number of fused-ring (bicyclic) bond motifs is 4. The van der Waals surface area contributed by atoms with Crippen LogP contribution >= 0.6 is 11.3 Å². The number of aryl methyl sites for hydroxylation is 1. The lowest BCUT2D eigenvalue weighted by atomic mass is 10.1. The highest BCUT2D eigenvalue weighted by atomic mass is 32.1. The first kappa shape index (κ1) is 18.2. The van der Waals surface area contributed by atoms with Gasteiger partial charge in [-0.25, -0.2) is 14.7 Å². The van der Waals surface area contributed by atoms with Gasteiger partial charge in [0.05, 0.1) is 35.6 Å². The van der Waals surface area contributed by atoms with Crippen LogP contribution in [0.25, 0.3) is 32.2 Å². The number of nitrogens with one attached hydrogen (secondary N) is 2. The number of aliphatic imine (C=N–C) groups is 1. The molecular formula is C19H17N9OS. The lowest BCUT2D eigenvalue weighted by Crippen LogP contribution is -2.24. The molecule has 4 N–H and O–H groups in total. The van der Waals surface area contributed by atoms with Gasteiger partial charge in [-0.3, -0.25) is 15.3 Å². The highest BCUT2D eigenvalue weighted by Gasteiger charge is 2.19. The van der Waals surface area contributed by atoms with Crippen LogP contribution in [0, 0.1) is 5.41 Å². The van der Waals surface area contributed by atoms with E-state index < -0.39 is 0 Å². The van der Waals surface area contributed by atoms with Gasteiger partial charge < -0.3 is 10.3 Å². The van der Waals surface area contributed by atoms with Gasteiger partial charge in [-0.1, -0.05) is 12.1 Å². The first-order valence-electron chi connectivity index (χ1n) is 9.13. The summed E-state index contributed by atoms with van der Waals surface area (Å²) in [4.78, 5) is 21.6. The molecule has 30 heavy (non-hydrogen) atoms. The Kier molecular flexibility index (Phi) is 4.17. The number of H-pyrrole nitrogens is 1.